The zero-order valence-corrected chi connectivity index (χ0v) is 9.04. The zero-order chi connectivity index (χ0) is 13.9. The number of anilines is 1. The predicted octanol–water partition coefficient (Wildman–Crippen LogP) is 0.599. The minimum atomic E-state index is -5.09. The third-order valence-electron chi connectivity index (χ3n) is 1.96. The van der Waals surface area contributed by atoms with Gasteiger partial charge >= 0.3 is 12.1 Å². The Labute approximate surface area is 99.1 Å². The summed E-state index contributed by atoms with van der Waals surface area (Å²) in [4.78, 5) is 10.7. The van der Waals surface area contributed by atoms with E-state index in [1.54, 1.807) is 0 Å². The van der Waals surface area contributed by atoms with Crippen LogP contribution in [-0.2, 0) is 4.79 Å². The fourth-order valence-electron chi connectivity index (χ4n) is 1.13. The molecule has 1 amide bonds. The van der Waals surface area contributed by atoms with Gasteiger partial charge in [0.2, 0.25) is 0 Å². The highest BCUT2D eigenvalue weighted by Gasteiger charge is 2.39. The molecule has 0 aliphatic heterocycles. The Kier molecular flexibility index (Phi) is 4.11. The number of alkyl halides is 3. The van der Waals surface area contributed by atoms with Crippen molar-refractivity contribution in [2.24, 2.45) is 0 Å². The molecular formula is C9H9F3N2O4. The average Bonchev–Trinajstić information content (AvgIpc) is 2.27. The van der Waals surface area contributed by atoms with E-state index in [0.29, 0.717) is 0 Å². The van der Waals surface area contributed by atoms with Crippen molar-refractivity contribution in [2.45, 2.75) is 6.18 Å². The largest absolute Gasteiger partial charge is 0.595 e. The van der Waals surface area contributed by atoms with E-state index in [1.165, 1.54) is 18.5 Å². The van der Waals surface area contributed by atoms with Gasteiger partial charge in [0, 0.05) is 6.07 Å². The van der Waals surface area contributed by atoms with Gasteiger partial charge in [-0.05, 0) is 12.1 Å². The van der Waals surface area contributed by atoms with Crippen LogP contribution in [0.1, 0.15) is 0 Å². The molecule has 0 aliphatic carbocycles. The van der Waals surface area contributed by atoms with Crippen LogP contribution in [0.5, 0.6) is 5.75 Å². The van der Waals surface area contributed by atoms with E-state index in [1.807, 2.05) is 0 Å². The third-order valence-corrected chi connectivity index (χ3v) is 1.96. The van der Waals surface area contributed by atoms with Crippen molar-refractivity contribution in [1.29, 1.82) is 0 Å². The van der Waals surface area contributed by atoms with Crippen LogP contribution in [-0.4, -0.2) is 24.4 Å². The van der Waals surface area contributed by atoms with Crippen molar-refractivity contribution in [3.8, 4) is 5.75 Å². The molecule has 18 heavy (non-hydrogen) atoms. The summed E-state index contributed by atoms with van der Waals surface area (Å²) in [6, 6.07) is 3.26. The van der Waals surface area contributed by atoms with Gasteiger partial charge in [-0.2, -0.15) is 18.4 Å². The molecule has 1 unspecified atom stereocenters. The number of carbonyl (C=O) groups excluding carboxylic acids is 1. The van der Waals surface area contributed by atoms with Crippen molar-refractivity contribution in [3.05, 3.63) is 23.4 Å². The lowest BCUT2D eigenvalue weighted by Crippen LogP contribution is -2.99. The maximum Gasteiger partial charge on any atom is 0.471 e. The number of quaternary nitrogens is 1. The van der Waals surface area contributed by atoms with Crippen LogP contribution in [0.25, 0.3) is 0 Å². The van der Waals surface area contributed by atoms with Gasteiger partial charge in [0.25, 0.3) is 0 Å². The maximum atomic E-state index is 12.0. The summed E-state index contributed by atoms with van der Waals surface area (Å²) in [6.45, 7) is 0. The highest BCUT2D eigenvalue weighted by molar-refractivity contribution is 5.96. The van der Waals surface area contributed by atoms with Gasteiger partial charge in [-0.3, -0.25) is 4.79 Å². The highest BCUT2D eigenvalue weighted by Crippen LogP contribution is 2.26. The van der Waals surface area contributed by atoms with Crippen LogP contribution in [0.15, 0.2) is 18.2 Å². The summed E-state index contributed by atoms with van der Waals surface area (Å²) in [7, 11) is 1.27. The summed E-state index contributed by atoms with van der Waals surface area (Å²) >= 11 is 0. The van der Waals surface area contributed by atoms with Crippen LogP contribution in [0, 0.1) is 5.21 Å². The van der Waals surface area contributed by atoms with Gasteiger partial charge in [0.1, 0.15) is 11.4 Å². The first-order chi connectivity index (χ1) is 8.25. The van der Waals surface area contributed by atoms with Crippen LogP contribution < -0.4 is 15.3 Å². The number of nitrogens with one attached hydrogen (secondary N) is 2. The van der Waals surface area contributed by atoms with Gasteiger partial charge in [0.15, 0.2) is 5.69 Å². The van der Waals surface area contributed by atoms with Gasteiger partial charge in [-0.1, -0.05) is 0 Å². The van der Waals surface area contributed by atoms with E-state index in [9.17, 15) is 23.2 Å². The molecule has 0 saturated carbocycles. The normalized spacial score (nSPS) is 13.0. The topological polar surface area (TPSA) is 86.1 Å². The Balaban J connectivity index is 3.05. The Morgan fingerprint density at radius 1 is 1.50 bits per heavy atom. The molecule has 9 heteroatoms. The van der Waals surface area contributed by atoms with Crippen molar-refractivity contribution in [3.63, 3.8) is 0 Å². The van der Waals surface area contributed by atoms with E-state index in [4.69, 9.17) is 9.94 Å². The molecule has 0 aliphatic rings. The molecule has 3 N–H and O–H groups in total. The highest BCUT2D eigenvalue weighted by atomic mass is 19.4. The maximum absolute atomic E-state index is 12.0. The minimum absolute atomic E-state index is 0.150. The SMILES string of the molecule is COc1ccc(NC(=O)C(F)(F)F)c([NH+]([O-])O)c1. The van der Waals surface area contributed by atoms with E-state index < -0.39 is 28.7 Å². The Morgan fingerprint density at radius 2 is 2.11 bits per heavy atom. The number of hydrogen-bond donors (Lipinski definition) is 3. The fraction of sp³-hybridized carbons (Fsp3) is 0.222. The van der Waals surface area contributed by atoms with E-state index in [2.05, 4.69) is 0 Å². The molecule has 100 valence electrons. The van der Waals surface area contributed by atoms with Crippen LogP contribution >= 0.6 is 0 Å². The molecule has 1 atom stereocenters. The van der Waals surface area contributed by atoms with Crippen molar-refractivity contribution in [2.75, 3.05) is 12.4 Å². The standard InChI is InChI=1S/C9H9F3N2O4/c1-18-5-2-3-6(7(4-5)14(16)17)13-8(15)9(10,11)12/h2-4,14,16H,1H3,(H,13,15). The lowest BCUT2D eigenvalue weighted by Gasteiger charge is -2.17. The van der Waals surface area contributed by atoms with E-state index in [0.717, 1.165) is 12.1 Å². The molecule has 1 rings (SSSR count). The number of amides is 1. The molecule has 1 aromatic rings. The summed E-state index contributed by atoms with van der Waals surface area (Å²) in [5.41, 5.74) is -0.947. The smallest absolute Gasteiger partial charge is 0.471 e. The summed E-state index contributed by atoms with van der Waals surface area (Å²) in [5.74, 6) is -2.09. The van der Waals surface area contributed by atoms with Crippen molar-refractivity contribution in [1.82, 2.24) is 0 Å². The average molecular weight is 266 g/mol. The monoisotopic (exact) mass is 266 g/mol. The lowest BCUT2D eigenvalue weighted by molar-refractivity contribution is -0.990. The molecule has 0 fully saturated rings. The zero-order valence-electron chi connectivity index (χ0n) is 9.04. The molecule has 0 heterocycles. The minimum Gasteiger partial charge on any atom is -0.595 e. The lowest BCUT2D eigenvalue weighted by atomic mass is 10.2. The van der Waals surface area contributed by atoms with Crippen LogP contribution in [0.3, 0.4) is 0 Å². The quantitative estimate of drug-likeness (QED) is 0.699. The van der Waals surface area contributed by atoms with Crippen molar-refractivity contribution >= 4 is 17.3 Å². The third kappa shape index (κ3) is 3.32. The first-order valence-electron chi connectivity index (χ1n) is 4.55. The van der Waals surface area contributed by atoms with Crippen molar-refractivity contribution < 1.29 is 33.1 Å². The number of benzene rings is 1. The Hall–Kier alpha value is -1.84. The summed E-state index contributed by atoms with van der Waals surface area (Å²) < 4.78 is 40.8. The van der Waals surface area contributed by atoms with E-state index in [-0.39, 0.29) is 5.75 Å². The number of rotatable bonds is 3. The Morgan fingerprint density at radius 3 is 2.56 bits per heavy atom. The second-order valence-corrected chi connectivity index (χ2v) is 3.17. The molecular weight excluding hydrogens is 257 g/mol. The summed E-state index contributed by atoms with van der Waals surface area (Å²) in [6.07, 6.45) is -5.09. The number of carbonyl (C=O) groups is 1. The van der Waals surface area contributed by atoms with Gasteiger partial charge in [0.05, 0.1) is 7.11 Å². The molecule has 0 bridgehead atoms. The first-order valence-corrected chi connectivity index (χ1v) is 4.55. The van der Waals surface area contributed by atoms with Crippen LogP contribution in [0.2, 0.25) is 0 Å². The molecule has 0 saturated heterocycles. The Bertz CT molecular complexity index is 448. The van der Waals surface area contributed by atoms with E-state index >= 15 is 0 Å². The number of halogens is 3. The molecule has 0 radical (unpaired) electrons. The molecule has 6 nitrogen and oxygen atoms in total. The van der Waals surface area contributed by atoms with Gasteiger partial charge < -0.3 is 15.3 Å². The number of ether oxygens (including phenoxy) is 1. The molecule has 0 aromatic heterocycles. The molecule has 0 spiro atoms. The predicted molar refractivity (Wildman–Crippen MR) is 53.5 cm³/mol. The molecule has 1 aromatic carbocycles. The van der Waals surface area contributed by atoms with Gasteiger partial charge in [-0.15, -0.1) is 0 Å². The second-order valence-electron chi connectivity index (χ2n) is 3.17. The van der Waals surface area contributed by atoms with Crippen LogP contribution in [0.4, 0.5) is 24.5 Å². The fourth-order valence-corrected chi connectivity index (χ4v) is 1.13. The van der Waals surface area contributed by atoms with Gasteiger partial charge in [-0.25, -0.2) is 5.21 Å². The second kappa shape index (κ2) is 5.21. The number of hydrogen-bond acceptors (Lipinski definition) is 4. The number of methoxy groups -OCH3 is 1. The summed E-state index contributed by atoms with van der Waals surface area (Å²) in [5, 5.41) is 19.6. The first kappa shape index (κ1) is 14.2.